The van der Waals surface area contributed by atoms with Crippen LogP contribution in [-0.4, -0.2) is 35.2 Å². The Kier molecular flexibility index (Phi) is 8.01. The summed E-state index contributed by atoms with van der Waals surface area (Å²) in [7, 11) is 4.52. The highest BCUT2D eigenvalue weighted by atomic mass is 16.5. The molecule has 0 saturated carbocycles. The van der Waals surface area contributed by atoms with E-state index in [9.17, 15) is 19.2 Å². The van der Waals surface area contributed by atoms with Crippen molar-refractivity contribution in [2.24, 2.45) is 7.05 Å². The van der Waals surface area contributed by atoms with E-state index in [4.69, 9.17) is 9.47 Å². The summed E-state index contributed by atoms with van der Waals surface area (Å²) < 4.78 is 12.6. The van der Waals surface area contributed by atoms with Crippen molar-refractivity contribution in [3.63, 3.8) is 0 Å². The highest BCUT2D eigenvalue weighted by molar-refractivity contribution is 5.98. The van der Waals surface area contributed by atoms with E-state index in [1.807, 2.05) is 60.7 Å². The first-order valence-electron chi connectivity index (χ1n) is 13.2. The van der Waals surface area contributed by atoms with Crippen molar-refractivity contribution in [1.82, 2.24) is 14.5 Å². The van der Waals surface area contributed by atoms with Crippen molar-refractivity contribution >= 4 is 22.8 Å². The molecule has 0 bridgehead atoms. The summed E-state index contributed by atoms with van der Waals surface area (Å²) in [5.74, 6) is -0.0497. The molecule has 0 radical (unpaired) electrons. The molecule has 9 nitrogen and oxygen atoms in total. The van der Waals surface area contributed by atoms with Crippen LogP contribution in [0, 0.1) is 0 Å². The number of fused-ring (bicyclic) bond motifs is 1. The number of carbonyl (C=O) groups is 2. The lowest BCUT2D eigenvalue weighted by atomic mass is 9.98. The highest BCUT2D eigenvalue weighted by Gasteiger charge is 2.16. The van der Waals surface area contributed by atoms with Gasteiger partial charge < -0.3 is 14.8 Å². The zero-order valence-electron chi connectivity index (χ0n) is 23.4. The number of esters is 1. The molecule has 5 rings (SSSR count). The van der Waals surface area contributed by atoms with E-state index in [1.165, 1.54) is 17.7 Å². The molecular weight excluding hydrogens is 534 g/mol. The predicted molar refractivity (Wildman–Crippen MR) is 160 cm³/mol. The van der Waals surface area contributed by atoms with Crippen molar-refractivity contribution in [2.75, 3.05) is 14.2 Å². The van der Waals surface area contributed by atoms with Gasteiger partial charge in [0.2, 0.25) is 0 Å². The fraction of sp³-hybridized carbons (Fsp3) is 0.152. The third kappa shape index (κ3) is 5.57. The van der Waals surface area contributed by atoms with Gasteiger partial charge in [-0.05, 0) is 58.7 Å². The number of nitrogens with zero attached hydrogens (tertiary/aromatic N) is 2. The van der Waals surface area contributed by atoms with Gasteiger partial charge in [-0.15, -0.1) is 0 Å². The van der Waals surface area contributed by atoms with E-state index in [1.54, 1.807) is 38.4 Å². The first-order chi connectivity index (χ1) is 20.3. The van der Waals surface area contributed by atoms with Crippen molar-refractivity contribution < 1.29 is 19.1 Å². The van der Waals surface area contributed by atoms with Gasteiger partial charge in [-0.25, -0.2) is 9.59 Å². The summed E-state index contributed by atoms with van der Waals surface area (Å²) in [5, 5.41) is 3.13. The molecule has 0 atom stereocenters. The number of methoxy groups -OCH3 is 2. The van der Waals surface area contributed by atoms with Gasteiger partial charge in [0.1, 0.15) is 5.75 Å². The maximum absolute atomic E-state index is 13.5. The molecule has 0 saturated heterocycles. The summed E-state index contributed by atoms with van der Waals surface area (Å²) in [4.78, 5) is 51.8. The number of ether oxygens (including phenoxy) is 2. The Morgan fingerprint density at radius 2 is 1.52 bits per heavy atom. The molecule has 1 heterocycles. The summed E-state index contributed by atoms with van der Waals surface area (Å²) in [5.41, 5.74) is 3.36. The van der Waals surface area contributed by atoms with Crippen LogP contribution in [0.25, 0.3) is 22.0 Å². The molecule has 0 unspecified atom stereocenters. The second-order valence-electron chi connectivity index (χ2n) is 9.73. The average molecular weight is 564 g/mol. The fourth-order valence-corrected chi connectivity index (χ4v) is 4.82. The number of rotatable bonds is 8. The van der Waals surface area contributed by atoms with Gasteiger partial charge >= 0.3 is 11.7 Å². The zero-order valence-corrected chi connectivity index (χ0v) is 23.4. The Labute approximate surface area is 241 Å². The quantitative estimate of drug-likeness (QED) is 0.284. The third-order valence-electron chi connectivity index (χ3n) is 7.16. The molecule has 1 aromatic heterocycles. The molecule has 42 heavy (non-hydrogen) atoms. The van der Waals surface area contributed by atoms with E-state index >= 15 is 0 Å². The van der Waals surface area contributed by atoms with E-state index in [-0.39, 0.29) is 17.8 Å². The minimum Gasteiger partial charge on any atom is -0.497 e. The Bertz CT molecular complexity index is 1900. The maximum Gasteiger partial charge on any atom is 0.338 e. The Hall–Kier alpha value is -5.44. The highest BCUT2D eigenvalue weighted by Crippen LogP contribution is 2.25. The molecule has 0 aliphatic heterocycles. The molecule has 212 valence electrons. The molecule has 9 heteroatoms. The molecule has 0 fully saturated rings. The average Bonchev–Trinajstić information content (AvgIpc) is 3.04. The molecule has 1 N–H and O–H groups in total. The summed E-state index contributed by atoms with van der Waals surface area (Å²) in [6, 6.07) is 26.5. The van der Waals surface area contributed by atoms with Gasteiger partial charge in [0.25, 0.3) is 11.5 Å². The number of benzene rings is 4. The number of amides is 1. The predicted octanol–water partition coefficient (Wildman–Crippen LogP) is 4.14. The number of aryl methyl sites for hydroxylation is 1. The van der Waals surface area contributed by atoms with Crippen LogP contribution in [0.2, 0.25) is 0 Å². The standard InChI is InChI=1S/C33H29N3O6/c1-35-29-17-14-24(30(37)34-19-21-10-15-25(41-2)16-11-21)18-28(29)31(38)36(33(35)40)20-22-8-12-23(13-9-22)26-6-4-5-7-27(26)32(39)42-3/h4-18H,19-20H2,1-3H3,(H,34,37). The van der Waals surface area contributed by atoms with Crippen LogP contribution in [0.5, 0.6) is 5.75 Å². The fourth-order valence-electron chi connectivity index (χ4n) is 4.82. The largest absolute Gasteiger partial charge is 0.497 e. The number of hydrogen-bond donors (Lipinski definition) is 1. The summed E-state index contributed by atoms with van der Waals surface area (Å²) in [6.45, 7) is 0.340. The van der Waals surface area contributed by atoms with Crippen molar-refractivity contribution in [3.8, 4) is 16.9 Å². The zero-order chi connectivity index (χ0) is 29.8. The van der Waals surface area contributed by atoms with Gasteiger partial charge in [-0.3, -0.25) is 18.7 Å². The molecule has 1 amide bonds. The molecule has 5 aromatic rings. The lowest BCUT2D eigenvalue weighted by molar-refractivity contribution is 0.0601. The molecule has 4 aromatic carbocycles. The number of carbonyl (C=O) groups excluding carboxylic acids is 2. The van der Waals surface area contributed by atoms with Gasteiger partial charge in [0.05, 0.1) is 37.2 Å². The van der Waals surface area contributed by atoms with Gasteiger partial charge in [0.15, 0.2) is 0 Å². The molecule has 0 aliphatic rings. The Morgan fingerprint density at radius 1 is 0.833 bits per heavy atom. The van der Waals surface area contributed by atoms with Crippen molar-refractivity contribution in [1.29, 1.82) is 0 Å². The summed E-state index contributed by atoms with van der Waals surface area (Å²) >= 11 is 0. The Balaban J connectivity index is 1.41. The lowest BCUT2D eigenvalue weighted by Crippen LogP contribution is -2.39. The minimum atomic E-state index is -0.488. The van der Waals surface area contributed by atoms with Gasteiger partial charge in [-0.2, -0.15) is 0 Å². The smallest absolute Gasteiger partial charge is 0.338 e. The normalized spacial score (nSPS) is 10.8. The van der Waals surface area contributed by atoms with Crippen LogP contribution in [0.3, 0.4) is 0 Å². The first-order valence-corrected chi connectivity index (χ1v) is 13.2. The Morgan fingerprint density at radius 3 is 2.21 bits per heavy atom. The molecule has 0 aliphatic carbocycles. The van der Waals surface area contributed by atoms with Crippen molar-refractivity contribution in [2.45, 2.75) is 13.1 Å². The number of aromatic nitrogens is 2. The number of hydrogen-bond acceptors (Lipinski definition) is 6. The summed E-state index contributed by atoms with van der Waals surface area (Å²) in [6.07, 6.45) is 0. The van der Waals surface area contributed by atoms with Crippen LogP contribution in [-0.2, 0) is 24.9 Å². The van der Waals surface area contributed by atoms with Gasteiger partial charge in [-0.1, -0.05) is 54.6 Å². The van der Waals surface area contributed by atoms with Crippen molar-refractivity contribution in [3.05, 3.63) is 134 Å². The minimum absolute atomic E-state index is 0.0360. The molecule has 0 spiro atoms. The first kappa shape index (κ1) is 28.1. The third-order valence-corrected chi connectivity index (χ3v) is 7.16. The van der Waals surface area contributed by atoms with E-state index in [0.717, 1.165) is 27.0 Å². The second-order valence-corrected chi connectivity index (χ2v) is 9.73. The van der Waals surface area contributed by atoms with E-state index in [0.29, 0.717) is 28.8 Å². The SMILES string of the molecule is COC(=O)c1ccccc1-c1ccc(Cn2c(=O)c3cc(C(=O)NCc4ccc(OC)cc4)ccc3n(C)c2=O)cc1. The van der Waals surface area contributed by atoms with Crippen LogP contribution in [0.1, 0.15) is 31.8 Å². The second kappa shape index (κ2) is 12.0. The van der Waals surface area contributed by atoms with Crippen LogP contribution in [0.4, 0.5) is 0 Å². The molecular formula is C33H29N3O6. The van der Waals surface area contributed by atoms with E-state index < -0.39 is 17.2 Å². The van der Waals surface area contributed by atoms with Crippen LogP contribution >= 0.6 is 0 Å². The number of nitrogens with one attached hydrogen (secondary N) is 1. The lowest BCUT2D eigenvalue weighted by Gasteiger charge is -2.13. The van der Waals surface area contributed by atoms with Crippen LogP contribution in [0.15, 0.2) is 101 Å². The monoisotopic (exact) mass is 563 g/mol. The topological polar surface area (TPSA) is 109 Å². The van der Waals surface area contributed by atoms with Crippen LogP contribution < -0.4 is 21.3 Å². The van der Waals surface area contributed by atoms with E-state index in [2.05, 4.69) is 5.32 Å². The van der Waals surface area contributed by atoms with Gasteiger partial charge in [0, 0.05) is 19.2 Å². The maximum atomic E-state index is 13.5.